The van der Waals surface area contributed by atoms with Crippen LogP contribution >= 0.6 is 0 Å². The van der Waals surface area contributed by atoms with Crippen molar-refractivity contribution in [2.24, 2.45) is 0 Å². The van der Waals surface area contributed by atoms with Crippen LogP contribution in [-0.4, -0.2) is 22.9 Å². The van der Waals surface area contributed by atoms with Gasteiger partial charge in [-0.3, -0.25) is 9.36 Å². The number of hydrogen-bond donors (Lipinski definition) is 1. The molecular weight excluding hydrogens is 232 g/mol. The lowest BCUT2D eigenvalue weighted by Gasteiger charge is -2.10. The molecule has 1 aromatic heterocycles. The molecule has 0 saturated carbocycles. The minimum absolute atomic E-state index is 0.157. The first-order valence-electron chi connectivity index (χ1n) is 6.03. The monoisotopic (exact) mass is 250 g/mol. The molecule has 0 unspecified atom stereocenters. The maximum Gasteiger partial charge on any atom is 0.253 e. The number of aromatic nitrogens is 1. The average molecular weight is 250 g/mol. The number of nitrogens with zero attached hydrogens (tertiary/aromatic N) is 2. The second kappa shape index (κ2) is 6.82. The van der Waals surface area contributed by atoms with Crippen molar-refractivity contribution in [2.75, 3.05) is 13.2 Å². The number of aromatic hydroxyl groups is 1. The van der Waals surface area contributed by atoms with Gasteiger partial charge in [0, 0.05) is 25.8 Å². The summed E-state index contributed by atoms with van der Waals surface area (Å²) in [4.78, 5) is 11.7. The summed E-state index contributed by atoms with van der Waals surface area (Å²) in [6, 6.07) is 3.27. The summed E-state index contributed by atoms with van der Waals surface area (Å²) in [6.45, 7) is 5.24. The molecule has 5 nitrogen and oxygen atoms in total. The number of rotatable bonds is 6. The predicted octanol–water partition coefficient (Wildman–Crippen LogP) is 1.55. The zero-order chi connectivity index (χ0) is 13.5. The highest BCUT2D eigenvalue weighted by Crippen LogP contribution is 2.17. The topological polar surface area (TPSA) is 75.2 Å². The van der Waals surface area contributed by atoms with E-state index in [1.54, 1.807) is 6.92 Å². The van der Waals surface area contributed by atoms with Crippen molar-refractivity contribution in [3.05, 3.63) is 27.5 Å². The van der Waals surface area contributed by atoms with Crippen LogP contribution in [0, 0.1) is 18.3 Å². The van der Waals surface area contributed by atoms with Crippen molar-refractivity contribution in [1.29, 1.82) is 5.26 Å². The summed E-state index contributed by atoms with van der Waals surface area (Å²) in [6.07, 6.45) is 1.58. The van der Waals surface area contributed by atoms with Crippen LogP contribution in [0.15, 0.2) is 10.9 Å². The van der Waals surface area contributed by atoms with Gasteiger partial charge >= 0.3 is 0 Å². The van der Waals surface area contributed by atoms with Crippen molar-refractivity contribution >= 4 is 0 Å². The normalized spacial score (nSPS) is 10.3. The Hall–Kier alpha value is -1.80. The van der Waals surface area contributed by atoms with Gasteiger partial charge in [0.2, 0.25) is 5.88 Å². The lowest BCUT2D eigenvalue weighted by atomic mass is 10.1. The van der Waals surface area contributed by atoms with Crippen LogP contribution in [0.25, 0.3) is 0 Å². The second-order valence-corrected chi connectivity index (χ2v) is 4.09. The molecule has 0 atom stereocenters. The molecule has 1 heterocycles. The Morgan fingerprint density at radius 3 is 2.83 bits per heavy atom. The lowest BCUT2D eigenvalue weighted by molar-refractivity contribution is 0.128. The molecule has 0 amide bonds. The lowest BCUT2D eigenvalue weighted by Crippen LogP contribution is -2.21. The molecule has 0 spiro atoms. The Labute approximate surface area is 106 Å². The van der Waals surface area contributed by atoms with Crippen LogP contribution in [0.1, 0.15) is 30.9 Å². The molecule has 1 N–H and O–H groups in total. The van der Waals surface area contributed by atoms with E-state index in [2.05, 4.69) is 0 Å². The third kappa shape index (κ3) is 3.34. The first-order valence-corrected chi connectivity index (χ1v) is 6.03. The van der Waals surface area contributed by atoms with E-state index in [1.165, 1.54) is 10.6 Å². The van der Waals surface area contributed by atoms with Gasteiger partial charge in [-0.15, -0.1) is 0 Å². The molecule has 1 rings (SSSR count). The second-order valence-electron chi connectivity index (χ2n) is 4.09. The van der Waals surface area contributed by atoms with Gasteiger partial charge in [-0.25, -0.2) is 0 Å². The molecule has 5 heteroatoms. The number of aryl methyl sites for hydroxylation is 1. The van der Waals surface area contributed by atoms with Gasteiger partial charge in [-0.1, -0.05) is 6.92 Å². The van der Waals surface area contributed by atoms with Gasteiger partial charge in [0.15, 0.2) is 0 Å². The Morgan fingerprint density at radius 2 is 2.22 bits per heavy atom. The van der Waals surface area contributed by atoms with E-state index in [1.807, 2.05) is 13.0 Å². The molecule has 0 fully saturated rings. The molecule has 18 heavy (non-hydrogen) atoms. The standard InChI is InChI=1S/C13H18N2O3/c1-3-6-18-7-4-5-15-12(16)8-10(2)11(9-14)13(15)17/h8,17H,3-7H2,1-2H3. The molecule has 1 aromatic rings. The van der Waals surface area contributed by atoms with Crippen LogP contribution in [0.2, 0.25) is 0 Å². The third-order valence-corrected chi connectivity index (χ3v) is 2.61. The predicted molar refractivity (Wildman–Crippen MR) is 67.5 cm³/mol. The highest BCUT2D eigenvalue weighted by atomic mass is 16.5. The quantitative estimate of drug-likeness (QED) is 0.777. The molecular formula is C13H18N2O3. The maximum absolute atomic E-state index is 11.7. The van der Waals surface area contributed by atoms with E-state index in [4.69, 9.17) is 10.00 Å². The average Bonchev–Trinajstić information content (AvgIpc) is 2.32. The van der Waals surface area contributed by atoms with Crippen LogP contribution in [0.3, 0.4) is 0 Å². The Kier molecular flexibility index (Phi) is 5.40. The smallest absolute Gasteiger partial charge is 0.253 e. The first kappa shape index (κ1) is 14.3. The maximum atomic E-state index is 11.7. The summed E-state index contributed by atoms with van der Waals surface area (Å²) in [7, 11) is 0. The van der Waals surface area contributed by atoms with E-state index in [0.29, 0.717) is 31.7 Å². The third-order valence-electron chi connectivity index (χ3n) is 2.61. The molecule has 0 aromatic carbocycles. The number of hydrogen-bond acceptors (Lipinski definition) is 4. The van der Waals surface area contributed by atoms with Gasteiger partial charge in [0.1, 0.15) is 11.6 Å². The van der Waals surface area contributed by atoms with Gasteiger partial charge < -0.3 is 9.84 Å². The van der Waals surface area contributed by atoms with Gasteiger partial charge in [-0.2, -0.15) is 5.26 Å². The minimum atomic E-state index is -0.292. The van der Waals surface area contributed by atoms with Gasteiger partial charge in [-0.05, 0) is 25.3 Å². The molecule has 0 aliphatic rings. The van der Waals surface area contributed by atoms with Crippen LogP contribution in [0.4, 0.5) is 0 Å². The number of ether oxygens (including phenoxy) is 1. The summed E-state index contributed by atoms with van der Waals surface area (Å²) in [5, 5.41) is 18.8. The van der Waals surface area contributed by atoms with E-state index < -0.39 is 0 Å². The van der Waals surface area contributed by atoms with Crippen LogP contribution < -0.4 is 5.56 Å². The van der Waals surface area contributed by atoms with Crippen LogP contribution in [0.5, 0.6) is 5.88 Å². The number of nitriles is 1. The Morgan fingerprint density at radius 1 is 1.50 bits per heavy atom. The van der Waals surface area contributed by atoms with Crippen molar-refractivity contribution in [3.8, 4) is 11.9 Å². The van der Waals surface area contributed by atoms with E-state index >= 15 is 0 Å². The summed E-state index contributed by atoms with van der Waals surface area (Å²) in [5.74, 6) is -0.252. The van der Waals surface area contributed by atoms with Crippen LogP contribution in [-0.2, 0) is 11.3 Å². The van der Waals surface area contributed by atoms with E-state index in [-0.39, 0.29) is 17.0 Å². The van der Waals surface area contributed by atoms with E-state index in [9.17, 15) is 9.90 Å². The highest BCUT2D eigenvalue weighted by molar-refractivity contribution is 5.43. The van der Waals surface area contributed by atoms with Gasteiger partial charge in [0.25, 0.3) is 5.56 Å². The molecule has 0 aliphatic heterocycles. The van der Waals surface area contributed by atoms with Crippen molar-refractivity contribution in [3.63, 3.8) is 0 Å². The molecule has 0 bridgehead atoms. The number of pyridine rings is 1. The first-order chi connectivity index (χ1) is 8.61. The molecule has 98 valence electrons. The van der Waals surface area contributed by atoms with Gasteiger partial charge in [0.05, 0.1) is 0 Å². The summed E-state index contributed by atoms with van der Waals surface area (Å²) < 4.78 is 6.51. The van der Waals surface area contributed by atoms with Crippen molar-refractivity contribution < 1.29 is 9.84 Å². The fourth-order valence-electron chi connectivity index (χ4n) is 1.68. The minimum Gasteiger partial charge on any atom is -0.493 e. The van der Waals surface area contributed by atoms with E-state index in [0.717, 1.165) is 6.42 Å². The zero-order valence-corrected chi connectivity index (χ0v) is 10.8. The molecule has 0 saturated heterocycles. The largest absolute Gasteiger partial charge is 0.493 e. The molecule has 0 radical (unpaired) electrons. The van der Waals surface area contributed by atoms with Crippen molar-refractivity contribution in [1.82, 2.24) is 4.57 Å². The fourth-order valence-corrected chi connectivity index (χ4v) is 1.68. The zero-order valence-electron chi connectivity index (χ0n) is 10.8. The Balaban J connectivity index is 2.78. The fraction of sp³-hybridized carbons (Fsp3) is 0.538. The SMILES string of the molecule is CCCOCCCn1c(O)c(C#N)c(C)cc1=O. The van der Waals surface area contributed by atoms with Crippen molar-refractivity contribution in [2.45, 2.75) is 33.2 Å². The Bertz CT molecular complexity index is 500. The highest BCUT2D eigenvalue weighted by Gasteiger charge is 2.11. The molecule has 0 aliphatic carbocycles. The summed E-state index contributed by atoms with van der Waals surface area (Å²) in [5.41, 5.74) is 0.363. The summed E-state index contributed by atoms with van der Waals surface area (Å²) >= 11 is 0.